The van der Waals surface area contributed by atoms with Crippen LogP contribution in [0.5, 0.6) is 0 Å². The average Bonchev–Trinajstić information content (AvgIpc) is 2.76. The van der Waals surface area contributed by atoms with Gasteiger partial charge in [0.25, 0.3) is 0 Å². The summed E-state index contributed by atoms with van der Waals surface area (Å²) in [7, 11) is 0. The summed E-state index contributed by atoms with van der Waals surface area (Å²) < 4.78 is 0. The van der Waals surface area contributed by atoms with Gasteiger partial charge in [-0.1, -0.05) is 70.9 Å². The van der Waals surface area contributed by atoms with Crippen LogP contribution in [0.4, 0.5) is 0 Å². The van der Waals surface area contributed by atoms with Gasteiger partial charge < -0.3 is 0 Å². The molecule has 2 aliphatic carbocycles. The zero-order valence-corrected chi connectivity index (χ0v) is 21.4. The zero-order valence-electron chi connectivity index (χ0n) is 21.4. The number of carbonyl (C=O) groups is 3. The van der Waals surface area contributed by atoms with Crippen LogP contribution in [0.15, 0.2) is 12.1 Å². The maximum atomic E-state index is 13.3. The number of aryl methyl sites for hydroxylation is 1. The number of hydrogen-bond donors (Lipinski definition) is 0. The Labute approximate surface area is 201 Å². The van der Waals surface area contributed by atoms with Crippen LogP contribution in [0, 0.1) is 30.6 Å². The van der Waals surface area contributed by atoms with E-state index in [4.69, 9.17) is 0 Å². The van der Waals surface area contributed by atoms with Crippen LogP contribution in [0.1, 0.15) is 118 Å². The first-order chi connectivity index (χ1) is 15.8. The molecule has 3 heteroatoms. The molecule has 3 nitrogen and oxygen atoms in total. The van der Waals surface area contributed by atoms with E-state index < -0.39 is 0 Å². The third-order valence-corrected chi connectivity index (χ3v) is 8.24. The lowest BCUT2D eigenvalue weighted by atomic mass is 9.70. The molecule has 33 heavy (non-hydrogen) atoms. The van der Waals surface area contributed by atoms with Gasteiger partial charge in [0.05, 0.1) is 6.42 Å². The molecule has 2 aliphatic rings. The number of carbonyl (C=O) groups excluding carboxylic acids is 3. The van der Waals surface area contributed by atoms with Crippen molar-refractivity contribution < 1.29 is 14.4 Å². The van der Waals surface area contributed by atoms with Crippen molar-refractivity contribution in [3.8, 4) is 0 Å². The van der Waals surface area contributed by atoms with Crippen LogP contribution in [0.3, 0.4) is 0 Å². The molecule has 0 spiro atoms. The first-order valence-electron chi connectivity index (χ1n) is 13.5. The maximum absolute atomic E-state index is 13.3. The Balaban J connectivity index is 1.81. The summed E-state index contributed by atoms with van der Waals surface area (Å²) in [6.07, 6.45) is 13.1. The standard InChI is InChI=1S/C30H44O3/c1-5-10-24(26(6-2)28(32)15-21(4)31)17-23-18-27-25(16-22-11-8-7-9-12-22)14-13-20(3)30(27)29(33)19-23/h13-14,22-24,26H,5-12,15-19H2,1-4H3. The highest BCUT2D eigenvalue weighted by atomic mass is 16.1. The molecule has 3 unspecified atom stereocenters. The number of Topliss-reactive ketones (excluding diaryl/α,β-unsaturated/α-hetero) is 3. The molecule has 0 saturated heterocycles. The van der Waals surface area contributed by atoms with E-state index in [0.29, 0.717) is 18.1 Å². The van der Waals surface area contributed by atoms with Gasteiger partial charge in [-0.3, -0.25) is 14.4 Å². The van der Waals surface area contributed by atoms with Gasteiger partial charge in [-0.05, 0) is 74.0 Å². The van der Waals surface area contributed by atoms with Crippen LogP contribution in [-0.4, -0.2) is 17.3 Å². The van der Waals surface area contributed by atoms with Gasteiger partial charge in [-0.2, -0.15) is 0 Å². The molecule has 3 rings (SSSR count). The average molecular weight is 453 g/mol. The van der Waals surface area contributed by atoms with Crippen molar-refractivity contribution in [2.75, 3.05) is 0 Å². The highest BCUT2D eigenvalue weighted by Gasteiger charge is 2.34. The quantitative estimate of drug-likeness (QED) is 0.332. The van der Waals surface area contributed by atoms with Gasteiger partial charge in [0, 0.05) is 17.9 Å². The van der Waals surface area contributed by atoms with Crippen LogP contribution in [0.2, 0.25) is 0 Å². The molecule has 1 aromatic carbocycles. The fourth-order valence-corrected chi connectivity index (χ4v) is 6.70. The molecule has 1 aromatic rings. The molecule has 182 valence electrons. The summed E-state index contributed by atoms with van der Waals surface area (Å²) in [6, 6.07) is 4.44. The van der Waals surface area contributed by atoms with Crippen LogP contribution in [-0.2, 0) is 22.4 Å². The topological polar surface area (TPSA) is 51.2 Å². The largest absolute Gasteiger partial charge is 0.300 e. The first kappa shape index (κ1) is 25.8. The zero-order chi connectivity index (χ0) is 24.0. The van der Waals surface area contributed by atoms with E-state index in [-0.39, 0.29) is 29.8 Å². The first-order valence-corrected chi connectivity index (χ1v) is 13.5. The van der Waals surface area contributed by atoms with Gasteiger partial charge in [-0.25, -0.2) is 0 Å². The second-order valence-electron chi connectivity index (χ2n) is 10.9. The second-order valence-corrected chi connectivity index (χ2v) is 10.9. The Hall–Kier alpha value is -1.77. The minimum absolute atomic E-state index is 0.0432. The maximum Gasteiger partial charge on any atom is 0.163 e. The lowest BCUT2D eigenvalue weighted by Crippen LogP contribution is -2.30. The normalized spacial score (nSPS) is 20.8. The summed E-state index contributed by atoms with van der Waals surface area (Å²) in [4.78, 5) is 37.7. The van der Waals surface area contributed by atoms with Gasteiger partial charge in [0.2, 0.25) is 0 Å². The minimum atomic E-state index is -0.0652. The van der Waals surface area contributed by atoms with Crippen molar-refractivity contribution in [2.45, 2.75) is 111 Å². The fourth-order valence-electron chi connectivity index (χ4n) is 6.70. The van der Waals surface area contributed by atoms with E-state index in [1.807, 2.05) is 0 Å². The van der Waals surface area contributed by atoms with Crippen molar-refractivity contribution in [1.82, 2.24) is 0 Å². The SMILES string of the molecule is CCCC(CC1CC(=O)c2c(C)ccc(CC3CCCCC3)c2C1)C(CC)C(=O)CC(C)=O. The van der Waals surface area contributed by atoms with E-state index in [9.17, 15) is 14.4 Å². The summed E-state index contributed by atoms with van der Waals surface area (Å²) in [6.45, 7) is 7.82. The van der Waals surface area contributed by atoms with Gasteiger partial charge >= 0.3 is 0 Å². The Kier molecular flexibility index (Phi) is 9.47. The Morgan fingerprint density at radius 1 is 1.03 bits per heavy atom. The predicted octanol–water partition coefficient (Wildman–Crippen LogP) is 7.24. The molecular formula is C30H44O3. The van der Waals surface area contributed by atoms with Crippen LogP contribution in [0.25, 0.3) is 0 Å². The Bertz CT molecular complexity index is 846. The second kappa shape index (κ2) is 12.1. The number of hydrogen-bond acceptors (Lipinski definition) is 3. The molecule has 0 bridgehead atoms. The molecule has 1 fully saturated rings. The highest BCUT2D eigenvalue weighted by molar-refractivity contribution is 6.00. The minimum Gasteiger partial charge on any atom is -0.300 e. The van der Waals surface area contributed by atoms with Crippen molar-refractivity contribution in [1.29, 1.82) is 0 Å². The third kappa shape index (κ3) is 6.64. The van der Waals surface area contributed by atoms with Crippen molar-refractivity contribution in [3.05, 3.63) is 34.4 Å². The molecular weight excluding hydrogens is 408 g/mol. The molecule has 0 radical (unpaired) electrons. The van der Waals surface area contributed by atoms with Crippen molar-refractivity contribution >= 4 is 17.3 Å². The molecule has 0 aliphatic heterocycles. The molecule has 0 amide bonds. The smallest absolute Gasteiger partial charge is 0.163 e. The van der Waals surface area contributed by atoms with Gasteiger partial charge in [-0.15, -0.1) is 0 Å². The Morgan fingerprint density at radius 2 is 1.76 bits per heavy atom. The summed E-state index contributed by atoms with van der Waals surface area (Å²) in [5, 5.41) is 0. The summed E-state index contributed by atoms with van der Waals surface area (Å²) in [5.41, 5.74) is 4.81. The van der Waals surface area contributed by atoms with Crippen LogP contribution >= 0.6 is 0 Å². The molecule has 3 atom stereocenters. The number of ketones is 3. The fraction of sp³-hybridized carbons (Fsp3) is 0.700. The lowest BCUT2D eigenvalue weighted by Gasteiger charge is -2.33. The predicted molar refractivity (Wildman–Crippen MR) is 135 cm³/mol. The molecule has 0 aromatic heterocycles. The Morgan fingerprint density at radius 3 is 2.39 bits per heavy atom. The summed E-state index contributed by atoms with van der Waals surface area (Å²) >= 11 is 0. The number of benzene rings is 1. The monoisotopic (exact) mass is 452 g/mol. The van der Waals surface area contributed by atoms with Gasteiger partial charge in [0.1, 0.15) is 11.6 Å². The number of rotatable bonds is 11. The van der Waals surface area contributed by atoms with E-state index >= 15 is 0 Å². The van der Waals surface area contributed by atoms with E-state index in [0.717, 1.165) is 55.6 Å². The highest BCUT2D eigenvalue weighted by Crippen LogP contribution is 2.39. The van der Waals surface area contributed by atoms with Gasteiger partial charge in [0.15, 0.2) is 5.78 Å². The number of fused-ring (bicyclic) bond motifs is 1. The third-order valence-electron chi connectivity index (χ3n) is 8.24. The van der Waals surface area contributed by atoms with E-state index in [1.54, 1.807) is 0 Å². The van der Waals surface area contributed by atoms with E-state index in [1.165, 1.54) is 50.2 Å². The molecule has 0 heterocycles. The van der Waals surface area contributed by atoms with Crippen LogP contribution < -0.4 is 0 Å². The molecule has 1 saturated carbocycles. The van der Waals surface area contributed by atoms with E-state index in [2.05, 4.69) is 32.9 Å². The summed E-state index contributed by atoms with van der Waals surface area (Å²) in [5.74, 6) is 1.60. The van der Waals surface area contributed by atoms with Crippen molar-refractivity contribution in [2.24, 2.45) is 23.7 Å². The van der Waals surface area contributed by atoms with Crippen molar-refractivity contribution in [3.63, 3.8) is 0 Å². The molecule has 0 N–H and O–H groups in total. The lowest BCUT2D eigenvalue weighted by molar-refractivity contribution is -0.129.